The van der Waals surface area contributed by atoms with E-state index in [1.807, 2.05) is 31.2 Å². The lowest BCUT2D eigenvalue weighted by Crippen LogP contribution is -2.14. The molecule has 3 aromatic heterocycles. The van der Waals surface area contributed by atoms with E-state index in [1.165, 1.54) is 18.2 Å². The van der Waals surface area contributed by atoms with Crippen LogP contribution in [0.1, 0.15) is 21.5 Å². The fourth-order valence-corrected chi connectivity index (χ4v) is 3.88. The zero-order valence-electron chi connectivity index (χ0n) is 14.8. The lowest BCUT2D eigenvalue weighted by molar-refractivity contribution is 0.102. The van der Waals surface area contributed by atoms with E-state index in [0.717, 1.165) is 32.3 Å². The topological polar surface area (TPSA) is 80.9 Å². The average Bonchev–Trinajstić information content (AvgIpc) is 3.32. The normalized spacial score (nSPS) is 10.7. The standard InChI is InChI=1S/C20H16N4O2S/c1-12-7-18(17-10-21-11-26-17)27-19(12)14-3-5-15(6-4-14)24-20(25)16-9-23-22-8-13(16)2/h3-11H,1-2H3,(H,24,25). The van der Waals surface area contributed by atoms with E-state index in [1.54, 1.807) is 23.7 Å². The van der Waals surface area contributed by atoms with Gasteiger partial charge in [-0.3, -0.25) is 4.79 Å². The number of rotatable bonds is 4. The molecule has 1 N–H and O–H groups in total. The van der Waals surface area contributed by atoms with Crippen LogP contribution in [0, 0.1) is 13.8 Å². The number of anilines is 1. The number of amides is 1. The summed E-state index contributed by atoms with van der Waals surface area (Å²) >= 11 is 1.65. The molecule has 1 amide bonds. The molecule has 0 saturated carbocycles. The van der Waals surface area contributed by atoms with Crippen LogP contribution in [0.15, 0.2) is 59.7 Å². The molecule has 6 nitrogen and oxygen atoms in total. The van der Waals surface area contributed by atoms with Gasteiger partial charge in [-0.15, -0.1) is 11.3 Å². The maximum Gasteiger partial charge on any atom is 0.257 e. The Bertz CT molecular complexity index is 1090. The third-order valence-electron chi connectivity index (χ3n) is 4.17. The van der Waals surface area contributed by atoms with Gasteiger partial charge in [0.15, 0.2) is 12.2 Å². The quantitative estimate of drug-likeness (QED) is 0.557. The van der Waals surface area contributed by atoms with Crippen LogP contribution in [-0.2, 0) is 0 Å². The first-order valence-electron chi connectivity index (χ1n) is 8.30. The molecule has 27 heavy (non-hydrogen) atoms. The van der Waals surface area contributed by atoms with Gasteiger partial charge in [0, 0.05) is 10.6 Å². The van der Waals surface area contributed by atoms with E-state index in [0.29, 0.717) is 5.56 Å². The van der Waals surface area contributed by atoms with Crippen molar-refractivity contribution in [3.8, 4) is 21.1 Å². The fraction of sp³-hybridized carbons (Fsp3) is 0.100. The maximum atomic E-state index is 12.4. The summed E-state index contributed by atoms with van der Waals surface area (Å²) in [5.41, 5.74) is 4.28. The SMILES string of the molecule is Cc1cnncc1C(=O)Nc1ccc(-c2sc(-c3cnco3)cc2C)cc1. The van der Waals surface area contributed by atoms with Crippen LogP contribution in [0.5, 0.6) is 0 Å². The molecule has 0 unspecified atom stereocenters. The number of hydrogen-bond acceptors (Lipinski definition) is 6. The molecular formula is C20H16N4O2S. The highest BCUT2D eigenvalue weighted by Gasteiger charge is 2.13. The van der Waals surface area contributed by atoms with Gasteiger partial charge in [0.2, 0.25) is 0 Å². The average molecular weight is 376 g/mol. The molecule has 4 aromatic rings. The fourth-order valence-electron chi connectivity index (χ4n) is 2.75. The molecule has 0 fully saturated rings. The molecule has 7 heteroatoms. The van der Waals surface area contributed by atoms with Crippen LogP contribution in [0.2, 0.25) is 0 Å². The molecule has 0 atom stereocenters. The van der Waals surface area contributed by atoms with Crippen LogP contribution in [0.25, 0.3) is 21.1 Å². The van der Waals surface area contributed by atoms with Crippen LogP contribution in [0.3, 0.4) is 0 Å². The zero-order valence-corrected chi connectivity index (χ0v) is 15.6. The predicted molar refractivity (Wildman–Crippen MR) is 105 cm³/mol. The molecule has 134 valence electrons. The van der Waals surface area contributed by atoms with Gasteiger partial charge in [-0.2, -0.15) is 10.2 Å². The number of benzene rings is 1. The number of aryl methyl sites for hydroxylation is 2. The van der Waals surface area contributed by atoms with Crippen molar-refractivity contribution in [1.82, 2.24) is 15.2 Å². The molecular weight excluding hydrogens is 360 g/mol. The first kappa shape index (κ1) is 17.1. The molecule has 3 heterocycles. The van der Waals surface area contributed by atoms with Crippen molar-refractivity contribution < 1.29 is 9.21 Å². The van der Waals surface area contributed by atoms with E-state index in [9.17, 15) is 4.79 Å². The highest BCUT2D eigenvalue weighted by molar-refractivity contribution is 7.19. The number of carbonyl (C=O) groups excluding carboxylic acids is 1. The first-order chi connectivity index (χ1) is 13.1. The van der Waals surface area contributed by atoms with Crippen LogP contribution in [-0.4, -0.2) is 21.1 Å². The van der Waals surface area contributed by atoms with Gasteiger partial charge in [0.1, 0.15) is 0 Å². The summed E-state index contributed by atoms with van der Waals surface area (Å²) in [5, 5.41) is 10.4. The van der Waals surface area contributed by atoms with Crippen molar-refractivity contribution in [1.29, 1.82) is 0 Å². The van der Waals surface area contributed by atoms with Crippen molar-refractivity contribution in [3.63, 3.8) is 0 Å². The van der Waals surface area contributed by atoms with Gasteiger partial charge in [-0.1, -0.05) is 12.1 Å². The minimum absolute atomic E-state index is 0.199. The van der Waals surface area contributed by atoms with Gasteiger partial charge in [0.05, 0.1) is 29.0 Å². The molecule has 1 aromatic carbocycles. The molecule has 0 aliphatic carbocycles. The maximum absolute atomic E-state index is 12.4. The molecule has 0 radical (unpaired) electrons. The predicted octanol–water partition coefficient (Wildman–Crippen LogP) is 4.73. The van der Waals surface area contributed by atoms with Crippen LogP contribution < -0.4 is 5.32 Å². The van der Waals surface area contributed by atoms with E-state index in [4.69, 9.17) is 4.42 Å². The minimum Gasteiger partial charge on any atom is -0.443 e. The monoisotopic (exact) mass is 376 g/mol. The summed E-state index contributed by atoms with van der Waals surface area (Å²) in [5.74, 6) is 0.564. The number of oxazole rings is 1. The third-order valence-corrected chi connectivity index (χ3v) is 5.47. The number of nitrogens with zero attached hydrogens (tertiary/aromatic N) is 3. The summed E-state index contributed by atoms with van der Waals surface area (Å²) in [6, 6.07) is 9.87. The van der Waals surface area contributed by atoms with Gasteiger partial charge < -0.3 is 9.73 Å². The number of carbonyl (C=O) groups is 1. The van der Waals surface area contributed by atoms with E-state index in [-0.39, 0.29) is 5.91 Å². The van der Waals surface area contributed by atoms with E-state index < -0.39 is 0 Å². The van der Waals surface area contributed by atoms with Crippen LogP contribution >= 0.6 is 11.3 Å². The Morgan fingerprint density at radius 1 is 1.04 bits per heavy atom. The molecule has 0 saturated heterocycles. The van der Waals surface area contributed by atoms with Crippen molar-refractivity contribution in [2.75, 3.05) is 5.32 Å². The lowest BCUT2D eigenvalue weighted by Gasteiger charge is -2.07. The summed E-state index contributed by atoms with van der Waals surface area (Å²) in [4.78, 5) is 18.6. The molecule has 0 aliphatic rings. The molecule has 0 bridgehead atoms. The van der Waals surface area contributed by atoms with Gasteiger partial charge in [0.25, 0.3) is 5.91 Å². The summed E-state index contributed by atoms with van der Waals surface area (Å²) < 4.78 is 5.38. The summed E-state index contributed by atoms with van der Waals surface area (Å²) in [6.45, 7) is 3.90. The number of hydrogen-bond donors (Lipinski definition) is 1. The molecule has 4 rings (SSSR count). The van der Waals surface area contributed by atoms with Crippen LogP contribution in [0.4, 0.5) is 5.69 Å². The molecule has 0 aliphatic heterocycles. The first-order valence-corrected chi connectivity index (χ1v) is 9.12. The van der Waals surface area contributed by atoms with E-state index >= 15 is 0 Å². The second-order valence-electron chi connectivity index (χ2n) is 6.11. The van der Waals surface area contributed by atoms with Crippen molar-refractivity contribution in [2.45, 2.75) is 13.8 Å². The Labute approximate surface area is 159 Å². The Hall–Kier alpha value is -3.32. The summed E-state index contributed by atoms with van der Waals surface area (Å²) in [7, 11) is 0. The highest BCUT2D eigenvalue weighted by Crippen LogP contribution is 2.38. The summed E-state index contributed by atoms with van der Waals surface area (Å²) in [6.07, 6.45) is 6.19. The Balaban J connectivity index is 1.55. The second-order valence-corrected chi connectivity index (χ2v) is 7.16. The van der Waals surface area contributed by atoms with Gasteiger partial charge in [-0.25, -0.2) is 4.98 Å². The third kappa shape index (κ3) is 3.50. The highest BCUT2D eigenvalue weighted by atomic mass is 32.1. The largest absolute Gasteiger partial charge is 0.443 e. The molecule has 0 spiro atoms. The number of aromatic nitrogens is 3. The second kappa shape index (κ2) is 7.13. The number of thiophene rings is 1. The zero-order chi connectivity index (χ0) is 18.8. The van der Waals surface area contributed by atoms with Crippen molar-refractivity contribution in [3.05, 3.63) is 72.0 Å². The van der Waals surface area contributed by atoms with Gasteiger partial charge >= 0.3 is 0 Å². The van der Waals surface area contributed by atoms with Crippen molar-refractivity contribution >= 4 is 22.9 Å². The minimum atomic E-state index is -0.199. The van der Waals surface area contributed by atoms with Crippen molar-refractivity contribution in [2.24, 2.45) is 0 Å². The van der Waals surface area contributed by atoms with Gasteiger partial charge in [-0.05, 0) is 48.7 Å². The smallest absolute Gasteiger partial charge is 0.257 e. The van der Waals surface area contributed by atoms with E-state index in [2.05, 4.69) is 33.5 Å². The number of nitrogens with one attached hydrogen (secondary N) is 1. The Kier molecular flexibility index (Phi) is 4.52. The lowest BCUT2D eigenvalue weighted by atomic mass is 10.1. The Morgan fingerprint density at radius 2 is 1.81 bits per heavy atom. The Morgan fingerprint density at radius 3 is 2.52 bits per heavy atom.